The van der Waals surface area contributed by atoms with Crippen LogP contribution in [0.3, 0.4) is 0 Å². The molecule has 0 amide bonds. The van der Waals surface area contributed by atoms with Crippen LogP contribution < -0.4 is 0 Å². The summed E-state index contributed by atoms with van der Waals surface area (Å²) in [6, 6.07) is 0. The third-order valence-electron chi connectivity index (χ3n) is 10.6. The molecule has 67 heavy (non-hydrogen) atoms. The van der Waals surface area contributed by atoms with Crippen molar-refractivity contribution >= 4 is 17.9 Å². The highest BCUT2D eigenvalue weighted by Gasteiger charge is 2.19. The number of hydrogen-bond donors (Lipinski definition) is 0. The monoisotopic (exact) mass is 925 g/mol. The molecule has 0 aliphatic carbocycles. The summed E-state index contributed by atoms with van der Waals surface area (Å²) < 4.78 is 16.8. The van der Waals surface area contributed by atoms with Crippen LogP contribution in [0.25, 0.3) is 0 Å². The molecule has 0 radical (unpaired) electrons. The van der Waals surface area contributed by atoms with Gasteiger partial charge in [0.15, 0.2) is 6.10 Å². The molecule has 0 aromatic heterocycles. The van der Waals surface area contributed by atoms with Gasteiger partial charge < -0.3 is 14.2 Å². The van der Waals surface area contributed by atoms with Gasteiger partial charge in [-0.25, -0.2) is 0 Å². The van der Waals surface area contributed by atoms with Crippen molar-refractivity contribution in [3.8, 4) is 0 Å². The van der Waals surface area contributed by atoms with E-state index >= 15 is 0 Å². The maximum absolute atomic E-state index is 12.8. The van der Waals surface area contributed by atoms with Gasteiger partial charge in [0.25, 0.3) is 0 Å². The molecule has 0 saturated heterocycles. The number of unbranched alkanes of at least 4 members (excludes halogenated alkanes) is 13. The van der Waals surface area contributed by atoms with Crippen molar-refractivity contribution in [3.63, 3.8) is 0 Å². The molecule has 1 atom stereocenters. The zero-order chi connectivity index (χ0) is 48.6. The summed E-state index contributed by atoms with van der Waals surface area (Å²) in [7, 11) is 0. The Bertz CT molecular complexity index is 1480. The molecule has 376 valence electrons. The summed E-state index contributed by atoms with van der Waals surface area (Å²) in [5, 5.41) is 0. The number of carbonyl (C=O) groups excluding carboxylic acids is 3. The van der Waals surface area contributed by atoms with E-state index in [4.69, 9.17) is 14.2 Å². The van der Waals surface area contributed by atoms with E-state index in [1.165, 1.54) is 6.42 Å². The average molecular weight is 925 g/mol. The highest BCUT2D eigenvalue weighted by molar-refractivity contribution is 5.71. The van der Waals surface area contributed by atoms with Crippen molar-refractivity contribution < 1.29 is 28.6 Å². The van der Waals surface area contributed by atoms with Crippen LogP contribution in [0.1, 0.15) is 213 Å². The molecule has 6 nitrogen and oxygen atoms in total. The van der Waals surface area contributed by atoms with Crippen LogP contribution in [0, 0.1) is 0 Å². The third-order valence-corrected chi connectivity index (χ3v) is 10.6. The van der Waals surface area contributed by atoms with Gasteiger partial charge in [0.05, 0.1) is 0 Å². The fraction of sp³-hybridized carbons (Fsp3) is 0.590. The molecule has 6 heteroatoms. The van der Waals surface area contributed by atoms with E-state index in [9.17, 15) is 14.4 Å². The Morgan fingerprint density at radius 1 is 0.313 bits per heavy atom. The molecule has 0 aromatic rings. The van der Waals surface area contributed by atoms with Gasteiger partial charge in [0, 0.05) is 19.3 Å². The van der Waals surface area contributed by atoms with Gasteiger partial charge in [-0.15, -0.1) is 0 Å². The van der Waals surface area contributed by atoms with Gasteiger partial charge in [0.1, 0.15) is 13.2 Å². The molecule has 0 N–H and O–H groups in total. The highest BCUT2D eigenvalue weighted by atomic mass is 16.6. The van der Waals surface area contributed by atoms with Crippen LogP contribution in [0.4, 0.5) is 0 Å². The maximum Gasteiger partial charge on any atom is 0.306 e. The maximum atomic E-state index is 12.8. The quantitative estimate of drug-likeness (QED) is 0.0262. The lowest BCUT2D eigenvalue weighted by atomic mass is 10.1. The normalized spacial score (nSPS) is 13.2. The number of carbonyl (C=O) groups is 3. The Kier molecular flexibility index (Phi) is 50.6. The van der Waals surface area contributed by atoms with E-state index in [0.717, 1.165) is 161 Å². The Hall–Kier alpha value is -4.45. The summed E-state index contributed by atoms with van der Waals surface area (Å²) in [5.41, 5.74) is 0. The molecule has 0 saturated carbocycles. The number of esters is 3. The summed E-state index contributed by atoms with van der Waals surface area (Å²) in [4.78, 5) is 38.0. The van der Waals surface area contributed by atoms with Crippen molar-refractivity contribution in [2.75, 3.05) is 13.2 Å². The van der Waals surface area contributed by atoms with Gasteiger partial charge in [0.2, 0.25) is 0 Å². The summed E-state index contributed by atoms with van der Waals surface area (Å²) in [6.07, 6.45) is 75.8. The van der Waals surface area contributed by atoms with Gasteiger partial charge >= 0.3 is 17.9 Å². The van der Waals surface area contributed by atoms with Gasteiger partial charge in [-0.3, -0.25) is 14.4 Å². The van der Waals surface area contributed by atoms with E-state index in [2.05, 4.69) is 154 Å². The number of hydrogen-bond acceptors (Lipinski definition) is 6. The molecule has 0 aromatic carbocycles. The first-order valence-electron chi connectivity index (χ1n) is 26.7. The Labute approximate surface area is 411 Å². The van der Waals surface area contributed by atoms with E-state index in [1.807, 2.05) is 0 Å². The smallest absolute Gasteiger partial charge is 0.306 e. The molecule has 0 fully saturated rings. The zero-order valence-electron chi connectivity index (χ0n) is 42.9. The molecule has 0 aliphatic rings. The predicted octanol–water partition coefficient (Wildman–Crippen LogP) is 17.9. The van der Waals surface area contributed by atoms with E-state index in [-0.39, 0.29) is 37.5 Å². The van der Waals surface area contributed by atoms with E-state index in [1.54, 1.807) is 0 Å². The topological polar surface area (TPSA) is 78.9 Å². The van der Waals surface area contributed by atoms with E-state index < -0.39 is 6.10 Å². The van der Waals surface area contributed by atoms with Crippen molar-refractivity contribution in [1.82, 2.24) is 0 Å². The second kappa shape index (κ2) is 54.2. The minimum atomic E-state index is -0.819. The third kappa shape index (κ3) is 52.4. The molecule has 0 rings (SSSR count). The average Bonchev–Trinajstić information content (AvgIpc) is 3.33. The minimum Gasteiger partial charge on any atom is -0.462 e. The predicted molar refractivity (Wildman–Crippen MR) is 288 cm³/mol. The van der Waals surface area contributed by atoms with Gasteiger partial charge in [-0.2, -0.15) is 0 Å². The minimum absolute atomic E-state index is 0.113. The van der Waals surface area contributed by atoms with Gasteiger partial charge in [-0.1, -0.05) is 199 Å². The van der Waals surface area contributed by atoms with Crippen LogP contribution >= 0.6 is 0 Å². The number of ether oxygens (including phenoxy) is 3. The Balaban J connectivity index is 4.50. The molecule has 0 bridgehead atoms. The zero-order valence-corrected chi connectivity index (χ0v) is 42.9. The molecule has 0 aliphatic heterocycles. The molecule has 0 spiro atoms. The molecule has 0 heterocycles. The van der Waals surface area contributed by atoms with E-state index in [0.29, 0.717) is 19.3 Å². The summed E-state index contributed by atoms with van der Waals surface area (Å²) >= 11 is 0. The number of allylic oxidation sites excluding steroid dienone is 22. The van der Waals surface area contributed by atoms with Crippen LogP contribution in [-0.4, -0.2) is 37.2 Å². The van der Waals surface area contributed by atoms with Gasteiger partial charge in [-0.05, 0) is 128 Å². The second-order valence-electron chi connectivity index (χ2n) is 17.0. The van der Waals surface area contributed by atoms with Crippen molar-refractivity contribution in [3.05, 3.63) is 134 Å². The summed E-state index contributed by atoms with van der Waals surface area (Å²) in [6.45, 7) is 6.26. The lowest BCUT2D eigenvalue weighted by Crippen LogP contribution is -2.30. The first kappa shape index (κ1) is 62.5. The first-order valence-corrected chi connectivity index (χ1v) is 26.7. The van der Waals surface area contributed by atoms with Crippen molar-refractivity contribution in [2.45, 2.75) is 219 Å². The molecule has 1 unspecified atom stereocenters. The highest BCUT2D eigenvalue weighted by Crippen LogP contribution is 2.12. The molecular formula is C61H96O6. The SMILES string of the molecule is CC/C=C\C/C=C\C/C=C\C/C=C\C/C=C\CCCCCCCC(=O)OCC(COC(=O)CCCCCCC/C=C\C/C=C\CCC)OC(=O)CCCC/C=C\C/C=C\C/C=C\C/C=C\CC. The van der Waals surface area contributed by atoms with Crippen LogP contribution in [-0.2, 0) is 28.6 Å². The van der Waals surface area contributed by atoms with Crippen LogP contribution in [0.5, 0.6) is 0 Å². The van der Waals surface area contributed by atoms with Crippen LogP contribution in [0.2, 0.25) is 0 Å². The lowest BCUT2D eigenvalue weighted by molar-refractivity contribution is -0.167. The summed E-state index contributed by atoms with van der Waals surface area (Å²) in [5.74, 6) is -0.997. The number of rotatable bonds is 46. The second-order valence-corrected chi connectivity index (χ2v) is 17.0. The fourth-order valence-electron chi connectivity index (χ4n) is 6.67. The van der Waals surface area contributed by atoms with Crippen molar-refractivity contribution in [1.29, 1.82) is 0 Å². The fourth-order valence-corrected chi connectivity index (χ4v) is 6.67. The lowest BCUT2D eigenvalue weighted by Gasteiger charge is -2.18. The van der Waals surface area contributed by atoms with Crippen molar-refractivity contribution in [2.24, 2.45) is 0 Å². The molecular weight excluding hydrogens is 829 g/mol. The largest absolute Gasteiger partial charge is 0.462 e. The Morgan fingerprint density at radius 2 is 0.582 bits per heavy atom. The first-order chi connectivity index (χ1) is 33.0. The standard InChI is InChI=1S/C61H96O6/c1-4-7-10-13-16-19-22-25-27-28-29-30-31-32-34-36-39-42-45-48-51-54-60(63)66-57-58(56-65-59(62)53-50-47-44-41-38-35-24-21-18-15-12-9-6-3)67-61(64)55-52-49-46-43-40-37-33-26-23-20-17-14-11-8-5-2/h7-8,10-12,15-17,19-21,24-27,29-30,32-34,40,43,58H,4-6,9,13-14,18,22-23,28,31,35-39,41-42,44-57H2,1-3H3/b10-7-,11-8-,15-12-,19-16-,20-17-,24-21-,27-25-,30-29-,33-26-,34-32-,43-40-. The van der Waals surface area contributed by atoms with Crippen LogP contribution in [0.15, 0.2) is 134 Å². The Morgan fingerprint density at radius 3 is 0.940 bits per heavy atom.